The van der Waals surface area contributed by atoms with Gasteiger partial charge < -0.3 is 18.9 Å². The Morgan fingerprint density at radius 3 is 2.30 bits per heavy atom. The highest BCUT2D eigenvalue weighted by Crippen LogP contribution is 2.28. The van der Waals surface area contributed by atoms with Gasteiger partial charge in [-0.2, -0.15) is 0 Å². The van der Waals surface area contributed by atoms with E-state index in [-0.39, 0.29) is 17.1 Å². The van der Waals surface area contributed by atoms with E-state index in [9.17, 15) is 9.59 Å². The van der Waals surface area contributed by atoms with E-state index < -0.39 is 11.9 Å². The molecule has 0 fully saturated rings. The zero-order chi connectivity index (χ0) is 17.0. The molecule has 23 heavy (non-hydrogen) atoms. The molecule has 1 aromatic carbocycles. The quantitative estimate of drug-likeness (QED) is 0.770. The van der Waals surface area contributed by atoms with Gasteiger partial charge in [-0.05, 0) is 18.2 Å². The number of aromatic nitrogens is 2. The van der Waals surface area contributed by atoms with Crippen LogP contribution in [-0.2, 0) is 11.8 Å². The molecule has 1 heterocycles. The second-order valence-electron chi connectivity index (χ2n) is 4.44. The fourth-order valence-electron chi connectivity index (χ4n) is 1.90. The summed E-state index contributed by atoms with van der Waals surface area (Å²) in [5, 5.41) is 3.94. The van der Waals surface area contributed by atoms with Crippen LogP contribution in [0.15, 0.2) is 24.3 Å². The Bertz CT molecular complexity index is 738. The lowest BCUT2D eigenvalue weighted by atomic mass is 10.2. The Kier molecular flexibility index (Phi) is 4.85. The first-order valence-corrected chi connectivity index (χ1v) is 6.56. The van der Waals surface area contributed by atoms with Gasteiger partial charge in [0.05, 0.1) is 26.9 Å². The molecular weight excluding hydrogens is 304 g/mol. The molecule has 0 radical (unpaired) electrons. The van der Waals surface area contributed by atoms with Crippen LogP contribution in [0.5, 0.6) is 17.4 Å². The standard InChI is InChI=1S/C15H16N2O6/c1-17-10(15(19)22-4)8-13(16-17)23-14(18)9-5-6-11(20-2)12(7-9)21-3/h5-8H,1-4H3. The molecule has 0 spiro atoms. The van der Waals surface area contributed by atoms with Gasteiger partial charge in [-0.3, -0.25) is 4.68 Å². The second kappa shape index (κ2) is 6.82. The molecule has 0 bridgehead atoms. The molecule has 0 saturated carbocycles. The van der Waals surface area contributed by atoms with Crippen molar-refractivity contribution in [3.63, 3.8) is 0 Å². The zero-order valence-corrected chi connectivity index (χ0v) is 13.2. The van der Waals surface area contributed by atoms with Gasteiger partial charge in [0.1, 0.15) is 5.69 Å². The van der Waals surface area contributed by atoms with Crippen molar-refractivity contribution in [2.75, 3.05) is 21.3 Å². The van der Waals surface area contributed by atoms with Crippen LogP contribution in [0.4, 0.5) is 0 Å². The number of nitrogens with zero attached hydrogens (tertiary/aromatic N) is 2. The van der Waals surface area contributed by atoms with Crippen LogP contribution >= 0.6 is 0 Å². The van der Waals surface area contributed by atoms with Gasteiger partial charge >= 0.3 is 11.9 Å². The molecule has 2 aromatic rings. The highest BCUT2D eigenvalue weighted by atomic mass is 16.5. The van der Waals surface area contributed by atoms with E-state index in [0.29, 0.717) is 11.5 Å². The summed E-state index contributed by atoms with van der Waals surface area (Å²) in [6.45, 7) is 0. The minimum Gasteiger partial charge on any atom is -0.493 e. The first-order valence-electron chi connectivity index (χ1n) is 6.56. The topological polar surface area (TPSA) is 88.9 Å². The normalized spacial score (nSPS) is 10.1. The number of hydrogen-bond acceptors (Lipinski definition) is 7. The summed E-state index contributed by atoms with van der Waals surface area (Å²) in [7, 11) is 5.76. The van der Waals surface area contributed by atoms with Crippen molar-refractivity contribution in [1.29, 1.82) is 0 Å². The van der Waals surface area contributed by atoms with Gasteiger partial charge in [0.2, 0.25) is 5.88 Å². The summed E-state index contributed by atoms with van der Waals surface area (Å²) in [5.74, 6) is -0.324. The lowest BCUT2D eigenvalue weighted by Gasteiger charge is -2.08. The van der Waals surface area contributed by atoms with E-state index >= 15 is 0 Å². The number of methoxy groups -OCH3 is 3. The number of carbonyl (C=O) groups is 2. The summed E-state index contributed by atoms with van der Waals surface area (Å²) in [6.07, 6.45) is 0. The lowest BCUT2D eigenvalue weighted by Crippen LogP contribution is -2.09. The Morgan fingerprint density at radius 1 is 1.00 bits per heavy atom. The van der Waals surface area contributed by atoms with Gasteiger partial charge in [0, 0.05) is 13.1 Å². The van der Waals surface area contributed by atoms with E-state index in [1.165, 1.54) is 44.2 Å². The van der Waals surface area contributed by atoms with E-state index in [0.717, 1.165) is 0 Å². The second-order valence-corrected chi connectivity index (χ2v) is 4.44. The van der Waals surface area contributed by atoms with E-state index in [2.05, 4.69) is 9.84 Å². The molecule has 8 heteroatoms. The van der Waals surface area contributed by atoms with Crippen LogP contribution in [-0.4, -0.2) is 43.0 Å². The van der Waals surface area contributed by atoms with Crippen molar-refractivity contribution in [3.05, 3.63) is 35.5 Å². The van der Waals surface area contributed by atoms with Crippen LogP contribution < -0.4 is 14.2 Å². The molecule has 0 aliphatic rings. The molecule has 0 saturated heterocycles. The Hall–Kier alpha value is -3.03. The smallest absolute Gasteiger partial charge is 0.356 e. The minimum absolute atomic E-state index is 0.00677. The number of ether oxygens (including phenoxy) is 4. The number of esters is 2. The number of aryl methyl sites for hydroxylation is 1. The average Bonchev–Trinajstić information content (AvgIpc) is 2.93. The highest BCUT2D eigenvalue weighted by molar-refractivity contribution is 5.92. The van der Waals surface area contributed by atoms with Crippen LogP contribution in [0.25, 0.3) is 0 Å². The molecule has 0 N–H and O–H groups in total. The van der Waals surface area contributed by atoms with Gasteiger partial charge in [0.15, 0.2) is 11.5 Å². The van der Waals surface area contributed by atoms with Crippen LogP contribution in [0.3, 0.4) is 0 Å². The molecule has 1 aromatic heterocycles. The third-order valence-electron chi connectivity index (χ3n) is 3.07. The molecular formula is C15H16N2O6. The van der Waals surface area contributed by atoms with E-state index in [1.807, 2.05) is 0 Å². The highest BCUT2D eigenvalue weighted by Gasteiger charge is 2.18. The van der Waals surface area contributed by atoms with Crippen molar-refractivity contribution in [2.45, 2.75) is 0 Å². The molecule has 0 unspecified atom stereocenters. The summed E-state index contributed by atoms with van der Waals surface area (Å²) in [4.78, 5) is 23.7. The number of hydrogen-bond donors (Lipinski definition) is 0. The molecule has 122 valence electrons. The molecule has 0 aliphatic carbocycles. The summed E-state index contributed by atoms with van der Waals surface area (Å²) in [6, 6.07) is 5.94. The lowest BCUT2D eigenvalue weighted by molar-refractivity contribution is 0.0587. The van der Waals surface area contributed by atoms with Crippen molar-refractivity contribution in [2.24, 2.45) is 7.05 Å². The van der Waals surface area contributed by atoms with Gasteiger partial charge in [-0.25, -0.2) is 9.59 Å². The first-order chi connectivity index (χ1) is 11.0. The molecule has 0 amide bonds. The third-order valence-corrected chi connectivity index (χ3v) is 3.07. The Morgan fingerprint density at radius 2 is 1.70 bits per heavy atom. The van der Waals surface area contributed by atoms with E-state index in [4.69, 9.17) is 14.2 Å². The Balaban J connectivity index is 2.21. The first kappa shape index (κ1) is 16.3. The van der Waals surface area contributed by atoms with Gasteiger partial charge in [-0.15, -0.1) is 5.10 Å². The summed E-state index contributed by atoms with van der Waals surface area (Å²) in [5.41, 5.74) is 0.426. The fraction of sp³-hybridized carbons (Fsp3) is 0.267. The molecule has 8 nitrogen and oxygen atoms in total. The SMILES string of the molecule is COC(=O)c1cc(OC(=O)c2ccc(OC)c(OC)c2)nn1C. The van der Waals surface area contributed by atoms with Crippen LogP contribution in [0, 0.1) is 0 Å². The summed E-state index contributed by atoms with van der Waals surface area (Å²) < 4.78 is 21.3. The van der Waals surface area contributed by atoms with Crippen LogP contribution in [0.2, 0.25) is 0 Å². The maximum Gasteiger partial charge on any atom is 0.356 e. The average molecular weight is 320 g/mol. The number of rotatable bonds is 5. The minimum atomic E-state index is -0.638. The van der Waals surface area contributed by atoms with E-state index in [1.54, 1.807) is 13.1 Å². The third kappa shape index (κ3) is 3.42. The predicted molar refractivity (Wildman–Crippen MR) is 79.1 cm³/mol. The monoisotopic (exact) mass is 320 g/mol. The van der Waals surface area contributed by atoms with Crippen molar-refractivity contribution < 1.29 is 28.5 Å². The summed E-state index contributed by atoms with van der Waals surface area (Å²) >= 11 is 0. The molecule has 2 rings (SSSR count). The van der Waals surface area contributed by atoms with Crippen molar-refractivity contribution in [3.8, 4) is 17.4 Å². The molecule has 0 atom stereocenters. The van der Waals surface area contributed by atoms with Crippen molar-refractivity contribution in [1.82, 2.24) is 9.78 Å². The molecule has 0 aliphatic heterocycles. The number of carbonyl (C=O) groups excluding carboxylic acids is 2. The number of benzene rings is 1. The fourth-order valence-corrected chi connectivity index (χ4v) is 1.90. The largest absolute Gasteiger partial charge is 0.493 e. The maximum atomic E-state index is 12.2. The predicted octanol–water partition coefficient (Wildman–Crippen LogP) is 1.44. The van der Waals surface area contributed by atoms with Crippen LogP contribution in [0.1, 0.15) is 20.8 Å². The maximum absolute atomic E-state index is 12.2. The van der Waals surface area contributed by atoms with Gasteiger partial charge in [-0.1, -0.05) is 0 Å². The van der Waals surface area contributed by atoms with Crippen molar-refractivity contribution >= 4 is 11.9 Å². The zero-order valence-electron chi connectivity index (χ0n) is 13.2. The van der Waals surface area contributed by atoms with Gasteiger partial charge in [0.25, 0.3) is 0 Å². The Labute approximate surface area is 132 Å².